The molecule has 0 saturated carbocycles. The van der Waals surface area contributed by atoms with Gasteiger partial charge in [-0.3, -0.25) is 4.42 Å². The van der Waals surface area contributed by atoms with Crippen LogP contribution in [0.5, 0.6) is 0 Å². The van der Waals surface area contributed by atoms with Gasteiger partial charge in [0.05, 0.1) is 6.04 Å². The quantitative estimate of drug-likeness (QED) is 0.616. The summed E-state index contributed by atoms with van der Waals surface area (Å²) in [7, 11) is 0. The summed E-state index contributed by atoms with van der Waals surface area (Å²) in [5.41, 5.74) is 1.21. The standard InChI is InChI=1S/C11H10ClN/c12-13-9-5-4-8-11(13)10-6-2-1-3-7-10/h1-9,11H. The minimum Gasteiger partial charge on any atom is -0.281 e. The van der Waals surface area contributed by atoms with Gasteiger partial charge < -0.3 is 0 Å². The Morgan fingerprint density at radius 3 is 2.54 bits per heavy atom. The van der Waals surface area contributed by atoms with Gasteiger partial charge in [0.25, 0.3) is 0 Å². The highest BCUT2D eigenvalue weighted by atomic mass is 35.5. The van der Waals surface area contributed by atoms with Gasteiger partial charge in [0.1, 0.15) is 0 Å². The molecule has 0 aromatic heterocycles. The van der Waals surface area contributed by atoms with Gasteiger partial charge >= 0.3 is 0 Å². The van der Waals surface area contributed by atoms with E-state index >= 15 is 0 Å². The minimum atomic E-state index is 0.160. The Bertz CT molecular complexity index is 329. The first-order valence-corrected chi connectivity index (χ1v) is 4.56. The van der Waals surface area contributed by atoms with E-state index in [-0.39, 0.29) is 6.04 Å². The van der Waals surface area contributed by atoms with Crippen molar-refractivity contribution in [3.8, 4) is 0 Å². The molecule has 0 radical (unpaired) electrons. The molecule has 1 heterocycles. The lowest BCUT2D eigenvalue weighted by molar-refractivity contribution is 0.517. The molecule has 0 bridgehead atoms. The predicted molar refractivity (Wildman–Crippen MR) is 55.2 cm³/mol. The summed E-state index contributed by atoms with van der Waals surface area (Å²) in [6, 6.07) is 10.4. The largest absolute Gasteiger partial charge is 0.281 e. The maximum atomic E-state index is 6.01. The van der Waals surface area contributed by atoms with Crippen LogP contribution in [0.1, 0.15) is 11.6 Å². The molecule has 0 fully saturated rings. The molecule has 1 unspecified atom stereocenters. The van der Waals surface area contributed by atoms with Crippen LogP contribution in [0, 0.1) is 0 Å². The van der Waals surface area contributed by atoms with E-state index in [9.17, 15) is 0 Å². The van der Waals surface area contributed by atoms with E-state index in [2.05, 4.69) is 18.2 Å². The van der Waals surface area contributed by atoms with E-state index in [0.717, 1.165) is 0 Å². The van der Waals surface area contributed by atoms with E-state index in [1.807, 2.05) is 36.6 Å². The van der Waals surface area contributed by atoms with Crippen molar-refractivity contribution in [1.82, 2.24) is 4.42 Å². The van der Waals surface area contributed by atoms with E-state index in [1.165, 1.54) is 5.56 Å². The van der Waals surface area contributed by atoms with Gasteiger partial charge in [-0.1, -0.05) is 42.5 Å². The number of benzene rings is 1. The van der Waals surface area contributed by atoms with E-state index in [1.54, 1.807) is 4.42 Å². The number of halogens is 1. The van der Waals surface area contributed by atoms with Crippen molar-refractivity contribution in [2.45, 2.75) is 6.04 Å². The topological polar surface area (TPSA) is 3.24 Å². The lowest BCUT2D eigenvalue weighted by Crippen LogP contribution is -2.13. The summed E-state index contributed by atoms with van der Waals surface area (Å²) in [4.78, 5) is 0. The van der Waals surface area contributed by atoms with Crippen molar-refractivity contribution in [3.63, 3.8) is 0 Å². The molecule has 0 N–H and O–H groups in total. The van der Waals surface area contributed by atoms with Gasteiger partial charge in [0.2, 0.25) is 0 Å². The van der Waals surface area contributed by atoms with Crippen LogP contribution in [0.3, 0.4) is 0 Å². The van der Waals surface area contributed by atoms with Crippen LogP contribution in [0.4, 0.5) is 0 Å². The molecule has 0 spiro atoms. The van der Waals surface area contributed by atoms with Gasteiger partial charge in [0.15, 0.2) is 0 Å². The maximum absolute atomic E-state index is 6.01. The average Bonchev–Trinajstić information content (AvgIpc) is 2.20. The van der Waals surface area contributed by atoms with Crippen molar-refractivity contribution in [3.05, 3.63) is 60.3 Å². The fourth-order valence-corrected chi connectivity index (χ4v) is 1.62. The summed E-state index contributed by atoms with van der Waals surface area (Å²) in [5, 5.41) is 0. The number of hydrogen-bond donors (Lipinski definition) is 0. The summed E-state index contributed by atoms with van der Waals surface area (Å²) in [5.74, 6) is 0. The van der Waals surface area contributed by atoms with Crippen LogP contribution in [-0.4, -0.2) is 4.42 Å². The van der Waals surface area contributed by atoms with Gasteiger partial charge in [0, 0.05) is 18.0 Å². The van der Waals surface area contributed by atoms with Crippen molar-refractivity contribution in [2.75, 3.05) is 0 Å². The molecule has 1 aromatic carbocycles. The molecule has 1 atom stereocenters. The molecule has 13 heavy (non-hydrogen) atoms. The number of rotatable bonds is 1. The molecule has 0 aliphatic carbocycles. The zero-order valence-corrected chi connectivity index (χ0v) is 7.85. The third-order valence-corrected chi connectivity index (χ3v) is 2.36. The lowest BCUT2D eigenvalue weighted by Gasteiger charge is -2.23. The fourth-order valence-electron chi connectivity index (χ4n) is 1.38. The van der Waals surface area contributed by atoms with E-state index in [0.29, 0.717) is 0 Å². The Balaban J connectivity index is 2.27. The molecule has 2 heteroatoms. The maximum Gasteiger partial charge on any atom is 0.0886 e. The number of nitrogens with zero attached hydrogens (tertiary/aromatic N) is 1. The lowest BCUT2D eigenvalue weighted by atomic mass is 10.1. The Hall–Kier alpha value is -1.21. The molecular formula is C11H10ClN. The summed E-state index contributed by atoms with van der Waals surface area (Å²) < 4.78 is 1.68. The highest BCUT2D eigenvalue weighted by Gasteiger charge is 2.13. The van der Waals surface area contributed by atoms with Crippen LogP contribution in [0.2, 0.25) is 0 Å². The zero-order valence-electron chi connectivity index (χ0n) is 7.10. The normalized spacial score (nSPS) is 20.7. The SMILES string of the molecule is ClN1C=CC=CC1c1ccccc1. The molecule has 1 aromatic rings. The molecule has 1 aliphatic rings. The van der Waals surface area contributed by atoms with E-state index in [4.69, 9.17) is 11.8 Å². The average molecular weight is 192 g/mol. The van der Waals surface area contributed by atoms with Crippen LogP contribution in [0.15, 0.2) is 54.8 Å². The molecule has 0 saturated heterocycles. The molecule has 66 valence electrons. The van der Waals surface area contributed by atoms with Crippen molar-refractivity contribution in [1.29, 1.82) is 0 Å². The molecule has 2 rings (SSSR count). The first-order chi connectivity index (χ1) is 6.38. The molecule has 1 aliphatic heterocycles. The highest BCUT2D eigenvalue weighted by Crippen LogP contribution is 2.26. The van der Waals surface area contributed by atoms with Gasteiger partial charge in [-0.25, -0.2) is 0 Å². The van der Waals surface area contributed by atoms with Gasteiger partial charge in [-0.2, -0.15) is 0 Å². The second-order valence-electron chi connectivity index (χ2n) is 2.93. The predicted octanol–water partition coefficient (Wildman–Crippen LogP) is 3.27. The first kappa shape index (κ1) is 8.39. The highest BCUT2D eigenvalue weighted by molar-refractivity contribution is 6.14. The Morgan fingerprint density at radius 2 is 1.85 bits per heavy atom. The number of hydrogen-bond acceptors (Lipinski definition) is 1. The Labute approximate surface area is 83.0 Å². The van der Waals surface area contributed by atoms with E-state index < -0.39 is 0 Å². The zero-order chi connectivity index (χ0) is 9.10. The van der Waals surface area contributed by atoms with Crippen molar-refractivity contribution in [2.24, 2.45) is 0 Å². The number of allylic oxidation sites excluding steroid dienone is 2. The van der Waals surface area contributed by atoms with Crippen LogP contribution < -0.4 is 0 Å². The molecule has 0 amide bonds. The van der Waals surface area contributed by atoms with Crippen LogP contribution in [0.25, 0.3) is 0 Å². The Kier molecular flexibility index (Phi) is 2.37. The van der Waals surface area contributed by atoms with Crippen molar-refractivity contribution >= 4 is 11.8 Å². The Morgan fingerprint density at radius 1 is 1.08 bits per heavy atom. The molecule has 1 nitrogen and oxygen atoms in total. The first-order valence-electron chi connectivity index (χ1n) is 4.22. The summed E-state index contributed by atoms with van der Waals surface area (Å²) >= 11 is 6.01. The second-order valence-corrected chi connectivity index (χ2v) is 3.32. The minimum absolute atomic E-state index is 0.160. The monoisotopic (exact) mass is 191 g/mol. The van der Waals surface area contributed by atoms with Gasteiger partial charge in [-0.05, 0) is 11.6 Å². The van der Waals surface area contributed by atoms with Crippen LogP contribution >= 0.6 is 11.8 Å². The third kappa shape index (κ3) is 1.76. The molecular weight excluding hydrogens is 182 g/mol. The third-order valence-electron chi connectivity index (χ3n) is 2.04. The van der Waals surface area contributed by atoms with Crippen molar-refractivity contribution < 1.29 is 0 Å². The second kappa shape index (κ2) is 3.67. The smallest absolute Gasteiger partial charge is 0.0886 e. The fraction of sp³-hybridized carbons (Fsp3) is 0.0909. The summed E-state index contributed by atoms with van der Waals surface area (Å²) in [6.07, 6.45) is 7.87. The van der Waals surface area contributed by atoms with Gasteiger partial charge in [-0.15, -0.1) is 0 Å². The summed E-state index contributed by atoms with van der Waals surface area (Å²) in [6.45, 7) is 0. The van der Waals surface area contributed by atoms with Crippen LogP contribution in [-0.2, 0) is 0 Å².